The van der Waals surface area contributed by atoms with E-state index in [9.17, 15) is 4.79 Å². The SMILES string of the molecule is C[Si]1(C)CCN(C(=O)/C=C/C=C/c2ccc3c(c2)OCO3)CC1. The van der Waals surface area contributed by atoms with Crippen molar-refractivity contribution in [2.24, 2.45) is 0 Å². The summed E-state index contributed by atoms with van der Waals surface area (Å²) < 4.78 is 10.6. The van der Waals surface area contributed by atoms with Crippen LogP contribution >= 0.6 is 0 Å². The number of carbonyl (C=O) groups is 1. The molecule has 0 radical (unpaired) electrons. The maximum absolute atomic E-state index is 12.2. The first-order chi connectivity index (χ1) is 11.0. The number of fused-ring (bicyclic) bond motifs is 1. The summed E-state index contributed by atoms with van der Waals surface area (Å²) in [5.41, 5.74) is 1.03. The van der Waals surface area contributed by atoms with Crippen LogP contribution < -0.4 is 9.47 Å². The van der Waals surface area contributed by atoms with Crippen LogP contribution in [-0.4, -0.2) is 38.8 Å². The van der Waals surface area contributed by atoms with Gasteiger partial charge in [-0.2, -0.15) is 0 Å². The summed E-state index contributed by atoms with van der Waals surface area (Å²) >= 11 is 0. The highest BCUT2D eigenvalue weighted by Gasteiger charge is 2.28. The Balaban J connectivity index is 1.53. The second kappa shape index (κ2) is 6.62. The van der Waals surface area contributed by atoms with E-state index in [0.29, 0.717) is 0 Å². The molecule has 2 aliphatic heterocycles. The molecule has 0 spiro atoms. The molecule has 0 aromatic heterocycles. The Labute approximate surface area is 138 Å². The van der Waals surface area contributed by atoms with Crippen LogP contribution in [-0.2, 0) is 4.79 Å². The van der Waals surface area contributed by atoms with Crippen molar-refractivity contribution in [2.45, 2.75) is 25.2 Å². The van der Waals surface area contributed by atoms with Gasteiger partial charge in [-0.25, -0.2) is 0 Å². The molecule has 1 aromatic carbocycles. The van der Waals surface area contributed by atoms with Gasteiger partial charge < -0.3 is 14.4 Å². The maximum atomic E-state index is 12.2. The van der Waals surface area contributed by atoms with E-state index < -0.39 is 8.07 Å². The Kier molecular flexibility index (Phi) is 4.57. The zero-order valence-corrected chi connectivity index (χ0v) is 14.7. The van der Waals surface area contributed by atoms with Gasteiger partial charge in [0.25, 0.3) is 0 Å². The fourth-order valence-corrected chi connectivity index (χ4v) is 4.76. The van der Waals surface area contributed by atoms with E-state index >= 15 is 0 Å². The highest BCUT2D eigenvalue weighted by molar-refractivity contribution is 6.77. The van der Waals surface area contributed by atoms with Gasteiger partial charge in [0.2, 0.25) is 12.7 Å². The lowest BCUT2D eigenvalue weighted by molar-refractivity contribution is -0.125. The molecule has 4 nitrogen and oxygen atoms in total. The van der Waals surface area contributed by atoms with Crippen LogP contribution in [0.3, 0.4) is 0 Å². The second-order valence-electron chi connectivity index (χ2n) is 6.82. The van der Waals surface area contributed by atoms with Crippen molar-refractivity contribution < 1.29 is 14.3 Å². The van der Waals surface area contributed by atoms with E-state index in [1.165, 1.54) is 12.1 Å². The molecule has 0 atom stereocenters. The van der Waals surface area contributed by atoms with Crippen LogP contribution in [0.2, 0.25) is 25.2 Å². The molecule has 23 heavy (non-hydrogen) atoms. The summed E-state index contributed by atoms with van der Waals surface area (Å²) in [4.78, 5) is 14.1. The molecule has 0 saturated carbocycles. The standard InChI is InChI=1S/C18H23NO3Si/c1-23(2)11-9-19(10-12-23)18(20)6-4-3-5-15-7-8-16-17(13-15)22-14-21-16/h3-8,13H,9-12,14H2,1-2H3/b5-3+,6-4+. The predicted octanol–water partition coefficient (Wildman–Crippen LogP) is 3.54. The van der Waals surface area contributed by atoms with Crippen molar-refractivity contribution in [3.05, 3.63) is 42.0 Å². The normalized spacial score (nSPS) is 19.7. The third-order valence-corrected chi connectivity index (χ3v) is 7.62. The molecule has 3 rings (SSSR count). The van der Waals surface area contributed by atoms with Crippen LogP contribution in [0.5, 0.6) is 11.5 Å². The lowest BCUT2D eigenvalue weighted by Crippen LogP contribution is -2.44. The van der Waals surface area contributed by atoms with Gasteiger partial charge in [0.1, 0.15) is 0 Å². The fourth-order valence-electron chi connectivity index (χ4n) is 2.76. The van der Waals surface area contributed by atoms with Crippen molar-refractivity contribution in [3.63, 3.8) is 0 Å². The molecule has 1 saturated heterocycles. The lowest BCUT2D eigenvalue weighted by Gasteiger charge is -2.35. The van der Waals surface area contributed by atoms with Gasteiger partial charge in [0.15, 0.2) is 11.5 Å². The number of carbonyl (C=O) groups excluding carboxylic acids is 1. The van der Waals surface area contributed by atoms with E-state index in [-0.39, 0.29) is 12.7 Å². The zero-order valence-electron chi connectivity index (χ0n) is 13.7. The van der Waals surface area contributed by atoms with Gasteiger partial charge in [-0.1, -0.05) is 37.4 Å². The van der Waals surface area contributed by atoms with Crippen molar-refractivity contribution >= 4 is 20.1 Å². The molecule has 0 unspecified atom stereocenters. The Morgan fingerprint density at radius 2 is 1.87 bits per heavy atom. The molecule has 5 heteroatoms. The number of allylic oxidation sites excluding steroid dienone is 2. The summed E-state index contributed by atoms with van der Waals surface area (Å²) in [7, 11) is -1.02. The van der Waals surface area contributed by atoms with Crippen molar-refractivity contribution in [1.29, 1.82) is 0 Å². The monoisotopic (exact) mass is 329 g/mol. The van der Waals surface area contributed by atoms with E-state index in [1.807, 2.05) is 41.3 Å². The lowest BCUT2D eigenvalue weighted by atomic mass is 10.2. The summed E-state index contributed by atoms with van der Waals surface area (Å²) in [5.74, 6) is 1.67. The third kappa shape index (κ3) is 4.04. The Morgan fingerprint density at radius 3 is 2.65 bits per heavy atom. The largest absolute Gasteiger partial charge is 0.454 e. The minimum absolute atomic E-state index is 0.116. The summed E-state index contributed by atoms with van der Waals surface area (Å²) in [6.45, 7) is 6.91. The van der Waals surface area contributed by atoms with Gasteiger partial charge in [-0.3, -0.25) is 4.79 Å². The molecule has 0 bridgehead atoms. The van der Waals surface area contributed by atoms with E-state index in [1.54, 1.807) is 6.08 Å². The summed E-state index contributed by atoms with van der Waals surface area (Å²) in [5, 5.41) is 0. The van der Waals surface area contributed by atoms with Crippen molar-refractivity contribution in [2.75, 3.05) is 19.9 Å². The minimum atomic E-state index is -1.02. The van der Waals surface area contributed by atoms with E-state index in [4.69, 9.17) is 9.47 Å². The molecule has 0 aliphatic carbocycles. The van der Waals surface area contributed by atoms with Gasteiger partial charge in [0, 0.05) is 19.2 Å². The molecule has 1 amide bonds. The first-order valence-electron chi connectivity index (χ1n) is 8.07. The molecule has 122 valence electrons. The highest BCUT2D eigenvalue weighted by Crippen LogP contribution is 2.32. The van der Waals surface area contributed by atoms with Gasteiger partial charge in [0.05, 0.1) is 8.07 Å². The van der Waals surface area contributed by atoms with Crippen LogP contribution in [0.25, 0.3) is 6.08 Å². The Morgan fingerprint density at radius 1 is 1.13 bits per heavy atom. The first-order valence-corrected chi connectivity index (χ1v) is 11.5. The zero-order chi connectivity index (χ0) is 16.3. The van der Waals surface area contributed by atoms with Crippen LogP contribution in [0.1, 0.15) is 5.56 Å². The topological polar surface area (TPSA) is 38.8 Å². The molecular formula is C18H23NO3Si. The molecule has 0 N–H and O–H groups in total. The van der Waals surface area contributed by atoms with Crippen LogP contribution in [0.4, 0.5) is 0 Å². The number of hydrogen-bond acceptors (Lipinski definition) is 3. The number of nitrogens with zero attached hydrogens (tertiary/aromatic N) is 1. The highest BCUT2D eigenvalue weighted by atomic mass is 28.3. The number of amides is 1. The molecule has 1 aromatic rings. The Hall–Kier alpha value is -2.01. The molecule has 1 fully saturated rings. The first kappa shape index (κ1) is 15.9. The maximum Gasteiger partial charge on any atom is 0.246 e. The smallest absolute Gasteiger partial charge is 0.246 e. The van der Waals surface area contributed by atoms with Crippen LogP contribution in [0.15, 0.2) is 36.4 Å². The number of benzene rings is 1. The number of hydrogen-bond donors (Lipinski definition) is 0. The quantitative estimate of drug-likeness (QED) is 0.484. The van der Waals surface area contributed by atoms with E-state index in [0.717, 1.165) is 30.2 Å². The molecule has 2 heterocycles. The number of rotatable bonds is 3. The average Bonchev–Trinajstić information content (AvgIpc) is 2.99. The van der Waals surface area contributed by atoms with Crippen molar-refractivity contribution in [1.82, 2.24) is 4.90 Å². The average molecular weight is 329 g/mol. The fraction of sp³-hybridized carbons (Fsp3) is 0.389. The van der Waals surface area contributed by atoms with Crippen molar-refractivity contribution in [3.8, 4) is 11.5 Å². The third-order valence-electron chi connectivity index (χ3n) is 4.46. The minimum Gasteiger partial charge on any atom is -0.454 e. The summed E-state index contributed by atoms with van der Waals surface area (Å²) in [6.07, 6.45) is 7.31. The van der Waals surface area contributed by atoms with Gasteiger partial charge in [-0.15, -0.1) is 0 Å². The predicted molar refractivity (Wildman–Crippen MR) is 94.4 cm³/mol. The van der Waals surface area contributed by atoms with Gasteiger partial charge >= 0.3 is 0 Å². The summed E-state index contributed by atoms with van der Waals surface area (Å²) in [6, 6.07) is 8.22. The molecule has 2 aliphatic rings. The second-order valence-corrected chi connectivity index (χ2v) is 12.1. The Bertz CT molecular complexity index is 642. The van der Waals surface area contributed by atoms with Gasteiger partial charge in [-0.05, 0) is 29.8 Å². The molecular weight excluding hydrogens is 306 g/mol. The van der Waals surface area contributed by atoms with Crippen LogP contribution in [0, 0.1) is 0 Å². The van der Waals surface area contributed by atoms with E-state index in [2.05, 4.69) is 13.1 Å². The number of ether oxygens (including phenoxy) is 2.